The SMILES string of the molecule is CCOC1CC(CC(Cc2cncs2)NC)C1. The molecule has 3 nitrogen and oxygen atoms in total. The number of hydrogen-bond acceptors (Lipinski definition) is 4. The van der Waals surface area contributed by atoms with Gasteiger partial charge in [-0.3, -0.25) is 4.98 Å². The van der Waals surface area contributed by atoms with Crippen LogP contribution in [0.1, 0.15) is 31.1 Å². The van der Waals surface area contributed by atoms with Gasteiger partial charge in [-0.1, -0.05) is 0 Å². The second kappa shape index (κ2) is 6.47. The van der Waals surface area contributed by atoms with Gasteiger partial charge >= 0.3 is 0 Å². The van der Waals surface area contributed by atoms with Crippen molar-refractivity contribution in [2.45, 2.75) is 44.8 Å². The van der Waals surface area contributed by atoms with Gasteiger partial charge in [0.25, 0.3) is 0 Å². The summed E-state index contributed by atoms with van der Waals surface area (Å²) in [5, 5.41) is 3.42. The van der Waals surface area contributed by atoms with Crippen LogP contribution in [-0.4, -0.2) is 30.8 Å². The van der Waals surface area contributed by atoms with Crippen LogP contribution in [0.15, 0.2) is 11.7 Å². The smallest absolute Gasteiger partial charge is 0.0794 e. The molecule has 1 saturated carbocycles. The number of ether oxygens (including phenoxy) is 1. The number of hydrogen-bond donors (Lipinski definition) is 1. The molecule has 1 aliphatic carbocycles. The zero-order valence-electron chi connectivity index (χ0n) is 10.7. The molecule has 1 N–H and O–H groups in total. The number of likely N-dealkylation sites (N-methyl/N-ethyl adjacent to an activating group) is 1. The molecule has 1 aromatic heterocycles. The van der Waals surface area contributed by atoms with E-state index in [4.69, 9.17) is 4.74 Å². The average molecular weight is 254 g/mol. The predicted octanol–water partition coefficient (Wildman–Crippen LogP) is 2.48. The van der Waals surface area contributed by atoms with Gasteiger partial charge in [-0.15, -0.1) is 11.3 Å². The van der Waals surface area contributed by atoms with E-state index in [0.717, 1.165) is 18.9 Å². The minimum absolute atomic E-state index is 0.533. The summed E-state index contributed by atoms with van der Waals surface area (Å²) in [7, 11) is 2.06. The van der Waals surface area contributed by atoms with Crippen molar-refractivity contribution in [1.29, 1.82) is 0 Å². The molecule has 0 saturated heterocycles. The van der Waals surface area contributed by atoms with Crippen molar-refractivity contribution < 1.29 is 4.74 Å². The molecule has 1 aliphatic rings. The van der Waals surface area contributed by atoms with Crippen molar-refractivity contribution >= 4 is 11.3 Å². The standard InChI is InChI=1S/C13H22N2OS/c1-3-16-12-5-10(6-12)4-11(14-2)7-13-8-15-9-17-13/h8-12,14H,3-7H2,1-2H3. The van der Waals surface area contributed by atoms with Crippen LogP contribution >= 0.6 is 11.3 Å². The molecule has 1 aromatic rings. The number of rotatable bonds is 7. The Kier molecular flexibility index (Phi) is 4.95. The molecule has 0 bridgehead atoms. The third-order valence-electron chi connectivity index (χ3n) is 3.55. The highest BCUT2D eigenvalue weighted by molar-refractivity contribution is 7.09. The quantitative estimate of drug-likeness (QED) is 0.811. The minimum Gasteiger partial charge on any atom is -0.378 e. The monoisotopic (exact) mass is 254 g/mol. The van der Waals surface area contributed by atoms with Gasteiger partial charge in [0.2, 0.25) is 0 Å². The first kappa shape index (κ1) is 13.0. The molecule has 0 amide bonds. The van der Waals surface area contributed by atoms with Crippen molar-refractivity contribution in [2.75, 3.05) is 13.7 Å². The van der Waals surface area contributed by atoms with E-state index in [9.17, 15) is 0 Å². The summed E-state index contributed by atoms with van der Waals surface area (Å²) in [4.78, 5) is 5.51. The van der Waals surface area contributed by atoms with Crippen LogP contribution < -0.4 is 5.32 Å². The van der Waals surface area contributed by atoms with Gasteiger partial charge in [0.15, 0.2) is 0 Å². The fourth-order valence-electron chi connectivity index (χ4n) is 2.53. The van der Waals surface area contributed by atoms with Crippen LogP contribution in [0.5, 0.6) is 0 Å². The molecule has 0 radical (unpaired) electrons. The molecule has 1 atom stereocenters. The van der Waals surface area contributed by atoms with Crippen molar-refractivity contribution in [3.8, 4) is 0 Å². The van der Waals surface area contributed by atoms with E-state index in [1.54, 1.807) is 11.3 Å². The van der Waals surface area contributed by atoms with E-state index in [1.165, 1.54) is 24.1 Å². The van der Waals surface area contributed by atoms with Gasteiger partial charge in [-0.05, 0) is 45.6 Å². The fraction of sp³-hybridized carbons (Fsp3) is 0.769. The second-order valence-electron chi connectivity index (χ2n) is 4.81. The van der Waals surface area contributed by atoms with Crippen LogP contribution in [0.25, 0.3) is 0 Å². The first-order chi connectivity index (χ1) is 8.31. The zero-order valence-corrected chi connectivity index (χ0v) is 11.5. The Hall–Kier alpha value is -0.450. The third-order valence-corrected chi connectivity index (χ3v) is 4.35. The van der Waals surface area contributed by atoms with E-state index >= 15 is 0 Å². The van der Waals surface area contributed by atoms with Crippen molar-refractivity contribution in [2.24, 2.45) is 5.92 Å². The molecule has 1 heterocycles. The van der Waals surface area contributed by atoms with Crippen molar-refractivity contribution in [3.63, 3.8) is 0 Å². The Morgan fingerprint density at radius 2 is 2.41 bits per heavy atom. The van der Waals surface area contributed by atoms with Crippen LogP contribution in [0.4, 0.5) is 0 Å². The molecule has 1 unspecified atom stereocenters. The van der Waals surface area contributed by atoms with Gasteiger partial charge in [-0.25, -0.2) is 0 Å². The maximum absolute atomic E-state index is 5.60. The Balaban J connectivity index is 1.70. The van der Waals surface area contributed by atoms with Crippen LogP contribution in [-0.2, 0) is 11.2 Å². The van der Waals surface area contributed by atoms with E-state index in [-0.39, 0.29) is 0 Å². The summed E-state index contributed by atoms with van der Waals surface area (Å²) >= 11 is 1.75. The molecule has 96 valence electrons. The molecule has 0 aromatic carbocycles. The van der Waals surface area contributed by atoms with Gasteiger partial charge in [0, 0.05) is 23.7 Å². The predicted molar refractivity (Wildman–Crippen MR) is 71.4 cm³/mol. The molecule has 0 aliphatic heterocycles. The zero-order chi connectivity index (χ0) is 12.1. The van der Waals surface area contributed by atoms with Crippen molar-refractivity contribution in [1.82, 2.24) is 10.3 Å². The summed E-state index contributed by atoms with van der Waals surface area (Å²) in [5.74, 6) is 0.844. The van der Waals surface area contributed by atoms with Gasteiger partial charge in [-0.2, -0.15) is 0 Å². The van der Waals surface area contributed by atoms with Gasteiger partial charge in [0.1, 0.15) is 0 Å². The lowest BCUT2D eigenvalue weighted by atomic mass is 9.77. The highest BCUT2D eigenvalue weighted by Crippen LogP contribution is 2.34. The second-order valence-corrected chi connectivity index (χ2v) is 5.78. The molecule has 17 heavy (non-hydrogen) atoms. The first-order valence-corrected chi connectivity index (χ1v) is 7.36. The highest BCUT2D eigenvalue weighted by atomic mass is 32.1. The number of aromatic nitrogens is 1. The van der Waals surface area contributed by atoms with Crippen LogP contribution in [0.2, 0.25) is 0 Å². The lowest BCUT2D eigenvalue weighted by Crippen LogP contribution is -2.37. The maximum atomic E-state index is 5.60. The van der Waals surface area contributed by atoms with Gasteiger partial charge < -0.3 is 10.1 Å². The number of nitrogens with zero attached hydrogens (tertiary/aromatic N) is 1. The lowest BCUT2D eigenvalue weighted by molar-refractivity contribution is -0.0288. The molecule has 2 rings (SSSR count). The van der Waals surface area contributed by atoms with E-state index in [0.29, 0.717) is 12.1 Å². The average Bonchev–Trinajstić information content (AvgIpc) is 2.77. The van der Waals surface area contributed by atoms with Crippen LogP contribution in [0, 0.1) is 5.92 Å². The topological polar surface area (TPSA) is 34.1 Å². The summed E-state index contributed by atoms with van der Waals surface area (Å²) in [6, 6.07) is 0.586. The fourth-order valence-corrected chi connectivity index (χ4v) is 3.21. The Morgan fingerprint density at radius 3 is 3.00 bits per heavy atom. The molecule has 4 heteroatoms. The Bertz CT molecular complexity index is 309. The Morgan fingerprint density at radius 1 is 1.59 bits per heavy atom. The Labute approximate surface area is 108 Å². The summed E-state index contributed by atoms with van der Waals surface area (Å²) in [6.07, 6.45) is 7.38. The first-order valence-electron chi connectivity index (χ1n) is 6.48. The number of nitrogens with one attached hydrogen (secondary N) is 1. The maximum Gasteiger partial charge on any atom is 0.0794 e. The lowest BCUT2D eigenvalue weighted by Gasteiger charge is -2.37. The summed E-state index contributed by atoms with van der Waals surface area (Å²) < 4.78 is 5.60. The molecular weight excluding hydrogens is 232 g/mol. The number of thiazole rings is 1. The molecule has 1 fully saturated rings. The summed E-state index contributed by atoms with van der Waals surface area (Å²) in [6.45, 7) is 2.93. The highest BCUT2D eigenvalue weighted by Gasteiger charge is 2.31. The summed E-state index contributed by atoms with van der Waals surface area (Å²) in [5.41, 5.74) is 1.91. The third kappa shape index (κ3) is 3.76. The van der Waals surface area contributed by atoms with E-state index < -0.39 is 0 Å². The minimum atomic E-state index is 0.533. The van der Waals surface area contributed by atoms with Crippen LogP contribution in [0.3, 0.4) is 0 Å². The molecule has 0 spiro atoms. The molecular formula is C13H22N2OS. The normalized spacial score (nSPS) is 25.5. The van der Waals surface area contributed by atoms with E-state index in [2.05, 4.69) is 24.3 Å². The van der Waals surface area contributed by atoms with Crippen molar-refractivity contribution in [3.05, 3.63) is 16.6 Å². The van der Waals surface area contributed by atoms with Gasteiger partial charge in [0.05, 0.1) is 11.6 Å². The van der Waals surface area contributed by atoms with E-state index in [1.807, 2.05) is 11.7 Å². The largest absolute Gasteiger partial charge is 0.378 e.